The smallest absolute Gasteiger partial charge is 0.227 e. The Morgan fingerprint density at radius 1 is 1.32 bits per heavy atom. The molecule has 1 fully saturated rings. The first-order chi connectivity index (χ1) is 11.8. The summed E-state index contributed by atoms with van der Waals surface area (Å²) in [5, 5.41) is 12.4. The maximum atomic E-state index is 12.5. The first-order valence-electron chi connectivity index (χ1n) is 9.11. The molecule has 1 aliphatic rings. The van der Waals surface area contributed by atoms with Gasteiger partial charge in [-0.1, -0.05) is 13.0 Å². The average Bonchev–Trinajstić information content (AvgIpc) is 2.55. The number of aryl methyl sites for hydroxylation is 2. The van der Waals surface area contributed by atoms with Gasteiger partial charge in [0.2, 0.25) is 11.8 Å². The van der Waals surface area contributed by atoms with Crippen LogP contribution in [0.3, 0.4) is 0 Å². The molecule has 5 nitrogen and oxygen atoms in total. The molecule has 0 saturated carbocycles. The fourth-order valence-electron chi connectivity index (χ4n) is 3.29. The van der Waals surface area contributed by atoms with Gasteiger partial charge in [0.05, 0.1) is 12.0 Å². The minimum absolute atomic E-state index is 0.00113. The van der Waals surface area contributed by atoms with E-state index in [1.165, 1.54) is 5.56 Å². The van der Waals surface area contributed by atoms with Crippen molar-refractivity contribution >= 4 is 17.5 Å². The van der Waals surface area contributed by atoms with Gasteiger partial charge in [-0.25, -0.2) is 0 Å². The lowest BCUT2D eigenvalue weighted by Gasteiger charge is -2.32. The van der Waals surface area contributed by atoms with E-state index in [1.807, 2.05) is 39.0 Å². The van der Waals surface area contributed by atoms with Crippen LogP contribution in [-0.2, 0) is 9.59 Å². The molecule has 1 aromatic carbocycles. The Hall–Kier alpha value is -1.88. The average molecular weight is 346 g/mol. The normalized spacial score (nSPS) is 20.3. The summed E-state index contributed by atoms with van der Waals surface area (Å²) in [5.41, 5.74) is 3.20. The van der Waals surface area contributed by atoms with E-state index in [9.17, 15) is 14.7 Å². The van der Waals surface area contributed by atoms with Crippen molar-refractivity contribution in [2.24, 2.45) is 11.8 Å². The van der Waals surface area contributed by atoms with Crippen LogP contribution in [0.25, 0.3) is 0 Å². The summed E-state index contributed by atoms with van der Waals surface area (Å²) >= 11 is 0. The molecule has 1 aromatic rings. The molecule has 0 spiro atoms. The van der Waals surface area contributed by atoms with Crippen LogP contribution in [0, 0.1) is 25.7 Å². The van der Waals surface area contributed by atoms with Crippen molar-refractivity contribution < 1.29 is 14.7 Å². The summed E-state index contributed by atoms with van der Waals surface area (Å²) in [5.74, 6) is 0.122. The molecule has 0 unspecified atom stereocenters. The Morgan fingerprint density at radius 3 is 2.68 bits per heavy atom. The van der Waals surface area contributed by atoms with Gasteiger partial charge in [0.1, 0.15) is 0 Å². The summed E-state index contributed by atoms with van der Waals surface area (Å²) in [6, 6.07) is 5.98. The Bertz CT molecular complexity index is 627. The minimum Gasteiger partial charge on any atom is -0.393 e. The van der Waals surface area contributed by atoms with Crippen LogP contribution in [0.5, 0.6) is 0 Å². The van der Waals surface area contributed by atoms with Gasteiger partial charge in [0, 0.05) is 25.2 Å². The molecular weight excluding hydrogens is 316 g/mol. The van der Waals surface area contributed by atoms with Crippen LogP contribution in [0.15, 0.2) is 18.2 Å². The zero-order valence-corrected chi connectivity index (χ0v) is 15.7. The van der Waals surface area contributed by atoms with E-state index in [2.05, 4.69) is 5.32 Å². The van der Waals surface area contributed by atoms with Gasteiger partial charge < -0.3 is 15.3 Å². The number of piperidine rings is 1. The predicted molar refractivity (Wildman–Crippen MR) is 99.5 cm³/mol. The minimum atomic E-state index is -0.362. The van der Waals surface area contributed by atoms with Crippen molar-refractivity contribution in [2.75, 3.05) is 18.0 Å². The standard InChI is InChI=1S/C20H30N2O3/c1-13(9-16(4)23)11-21-20(25)17-6-8-19(24)22(12-17)18-7-5-14(2)15(3)10-18/h5,7,10,13,16-17,23H,6,8-9,11-12H2,1-4H3,(H,21,25)/t13-,16-,17+/m1/s1. The molecule has 2 rings (SSSR count). The lowest BCUT2D eigenvalue weighted by atomic mass is 9.95. The molecule has 3 atom stereocenters. The first-order valence-corrected chi connectivity index (χ1v) is 9.11. The van der Waals surface area contributed by atoms with Gasteiger partial charge >= 0.3 is 0 Å². The monoisotopic (exact) mass is 346 g/mol. The van der Waals surface area contributed by atoms with Crippen LogP contribution in [-0.4, -0.2) is 36.1 Å². The second-order valence-corrected chi connectivity index (χ2v) is 7.44. The fraction of sp³-hybridized carbons (Fsp3) is 0.600. The molecule has 1 heterocycles. The number of aliphatic hydroxyl groups excluding tert-OH is 1. The molecule has 0 bridgehead atoms. The quantitative estimate of drug-likeness (QED) is 0.832. The Balaban J connectivity index is 1.98. The SMILES string of the molecule is Cc1ccc(N2C[C@@H](C(=O)NC[C@H](C)C[C@@H](C)O)CCC2=O)cc1C. The molecule has 25 heavy (non-hydrogen) atoms. The van der Waals surface area contributed by atoms with Crippen molar-refractivity contribution in [1.29, 1.82) is 0 Å². The fourth-order valence-corrected chi connectivity index (χ4v) is 3.29. The zero-order chi connectivity index (χ0) is 18.6. The molecule has 1 aliphatic heterocycles. The second kappa shape index (κ2) is 8.48. The summed E-state index contributed by atoms with van der Waals surface area (Å²) in [4.78, 5) is 26.5. The number of amides is 2. The third-order valence-electron chi connectivity index (χ3n) is 4.95. The predicted octanol–water partition coefficient (Wildman–Crippen LogP) is 2.57. The van der Waals surface area contributed by atoms with E-state index in [1.54, 1.807) is 11.8 Å². The van der Waals surface area contributed by atoms with Crippen LogP contribution in [0.2, 0.25) is 0 Å². The summed E-state index contributed by atoms with van der Waals surface area (Å²) in [6.45, 7) is 8.82. The Labute approximate surface area is 150 Å². The summed E-state index contributed by atoms with van der Waals surface area (Å²) in [6.07, 6.45) is 1.29. The molecule has 0 aliphatic carbocycles. The van der Waals surface area contributed by atoms with E-state index in [0.717, 1.165) is 11.3 Å². The van der Waals surface area contributed by atoms with Gasteiger partial charge in [-0.05, 0) is 62.8 Å². The van der Waals surface area contributed by atoms with Crippen LogP contribution >= 0.6 is 0 Å². The van der Waals surface area contributed by atoms with Crippen molar-refractivity contribution in [1.82, 2.24) is 5.32 Å². The van der Waals surface area contributed by atoms with E-state index < -0.39 is 0 Å². The first kappa shape index (κ1) is 19.4. The molecule has 1 saturated heterocycles. The van der Waals surface area contributed by atoms with Crippen molar-refractivity contribution in [2.45, 2.75) is 53.1 Å². The number of nitrogens with one attached hydrogen (secondary N) is 1. The van der Waals surface area contributed by atoms with Crippen molar-refractivity contribution in [3.8, 4) is 0 Å². The highest BCUT2D eigenvalue weighted by molar-refractivity contribution is 5.96. The summed E-state index contributed by atoms with van der Waals surface area (Å²) < 4.78 is 0. The Kier molecular flexibility index (Phi) is 6.59. The molecule has 5 heteroatoms. The number of carbonyl (C=O) groups excluding carboxylic acids is 2. The molecule has 2 N–H and O–H groups in total. The molecule has 0 radical (unpaired) electrons. The number of aliphatic hydroxyl groups is 1. The van der Waals surface area contributed by atoms with E-state index >= 15 is 0 Å². The maximum Gasteiger partial charge on any atom is 0.227 e. The van der Waals surface area contributed by atoms with Gasteiger partial charge in [0.15, 0.2) is 0 Å². The van der Waals surface area contributed by atoms with Crippen LogP contribution < -0.4 is 10.2 Å². The molecule has 2 amide bonds. The number of hydrogen-bond donors (Lipinski definition) is 2. The van der Waals surface area contributed by atoms with Crippen LogP contribution in [0.4, 0.5) is 5.69 Å². The largest absolute Gasteiger partial charge is 0.393 e. The van der Waals surface area contributed by atoms with Crippen molar-refractivity contribution in [3.05, 3.63) is 29.3 Å². The number of benzene rings is 1. The number of hydrogen-bond acceptors (Lipinski definition) is 3. The highest BCUT2D eigenvalue weighted by Crippen LogP contribution is 2.26. The third-order valence-corrected chi connectivity index (χ3v) is 4.95. The van der Waals surface area contributed by atoms with Gasteiger partial charge in [-0.15, -0.1) is 0 Å². The molecule has 0 aromatic heterocycles. The van der Waals surface area contributed by atoms with Crippen LogP contribution in [0.1, 0.15) is 44.2 Å². The van der Waals surface area contributed by atoms with E-state index in [-0.39, 0.29) is 29.8 Å². The van der Waals surface area contributed by atoms with E-state index in [0.29, 0.717) is 32.4 Å². The molecule has 138 valence electrons. The van der Waals surface area contributed by atoms with Gasteiger partial charge in [-0.2, -0.15) is 0 Å². The third kappa shape index (κ3) is 5.30. The Morgan fingerprint density at radius 2 is 2.04 bits per heavy atom. The topological polar surface area (TPSA) is 69.6 Å². The van der Waals surface area contributed by atoms with E-state index in [4.69, 9.17) is 0 Å². The second-order valence-electron chi connectivity index (χ2n) is 7.44. The van der Waals surface area contributed by atoms with Crippen molar-refractivity contribution in [3.63, 3.8) is 0 Å². The zero-order valence-electron chi connectivity index (χ0n) is 15.7. The number of rotatable bonds is 6. The van der Waals surface area contributed by atoms with Gasteiger partial charge in [0.25, 0.3) is 0 Å². The lowest BCUT2D eigenvalue weighted by Crippen LogP contribution is -2.46. The van der Waals surface area contributed by atoms with Gasteiger partial charge in [-0.3, -0.25) is 9.59 Å². The lowest BCUT2D eigenvalue weighted by molar-refractivity contribution is -0.127. The number of anilines is 1. The summed E-state index contributed by atoms with van der Waals surface area (Å²) in [7, 11) is 0. The molecular formula is C20H30N2O3. The maximum absolute atomic E-state index is 12.5. The number of carbonyl (C=O) groups is 2. The highest BCUT2D eigenvalue weighted by Gasteiger charge is 2.31. The number of nitrogens with zero attached hydrogens (tertiary/aromatic N) is 1. The highest BCUT2D eigenvalue weighted by atomic mass is 16.3.